The molecule has 0 atom stereocenters. The first kappa shape index (κ1) is 14.0. The Morgan fingerprint density at radius 3 is 2.53 bits per heavy atom. The van der Waals surface area contributed by atoms with Crippen molar-refractivity contribution in [1.29, 1.82) is 0 Å². The zero-order valence-electron chi connectivity index (χ0n) is 11.6. The summed E-state index contributed by atoms with van der Waals surface area (Å²) >= 11 is 0. The molecule has 0 fully saturated rings. The average molecular weight is 241 g/mol. The topological polar surface area (TPSA) is 48.3 Å². The lowest BCUT2D eigenvalue weighted by molar-refractivity contribution is 0.127. The fourth-order valence-electron chi connectivity index (χ4n) is 1.88. The summed E-state index contributed by atoms with van der Waals surface area (Å²) in [6.45, 7) is 7.58. The van der Waals surface area contributed by atoms with Crippen LogP contribution in [0.25, 0.3) is 0 Å². The van der Waals surface area contributed by atoms with Crippen molar-refractivity contribution in [2.75, 3.05) is 20.8 Å². The molecule has 1 N–H and O–H groups in total. The average Bonchev–Trinajstić information content (AvgIpc) is 2.49. The Kier molecular flexibility index (Phi) is 4.54. The number of methoxy groups -OCH3 is 2. The fraction of sp³-hybridized carbons (Fsp3) is 0.750. The molecule has 0 unspecified atom stereocenters. The number of aromatic nitrogens is 2. The van der Waals surface area contributed by atoms with Crippen LogP contribution in [0.1, 0.15) is 25.1 Å². The van der Waals surface area contributed by atoms with Gasteiger partial charge in [0.05, 0.1) is 25.0 Å². The molecule has 1 heterocycles. The van der Waals surface area contributed by atoms with Gasteiger partial charge in [-0.05, 0) is 20.8 Å². The molecule has 0 aliphatic heterocycles. The Hall–Kier alpha value is -1.07. The van der Waals surface area contributed by atoms with Crippen LogP contribution < -0.4 is 10.1 Å². The predicted octanol–water partition coefficient (Wildman–Crippen LogP) is 1.25. The minimum atomic E-state index is -0.0674. The molecule has 0 saturated heterocycles. The highest BCUT2D eigenvalue weighted by Crippen LogP contribution is 2.21. The van der Waals surface area contributed by atoms with E-state index in [4.69, 9.17) is 9.47 Å². The summed E-state index contributed by atoms with van der Waals surface area (Å²) in [6, 6.07) is 0. The van der Waals surface area contributed by atoms with Gasteiger partial charge in [0.1, 0.15) is 0 Å². The van der Waals surface area contributed by atoms with E-state index in [1.807, 2.05) is 14.0 Å². The summed E-state index contributed by atoms with van der Waals surface area (Å²) in [7, 11) is 5.26. The number of aryl methyl sites for hydroxylation is 2. The normalized spacial score (nSPS) is 11.9. The molecule has 0 spiro atoms. The summed E-state index contributed by atoms with van der Waals surface area (Å²) in [5, 5.41) is 7.80. The number of nitrogens with one attached hydrogen (secondary N) is 1. The highest BCUT2D eigenvalue weighted by Gasteiger charge is 2.20. The van der Waals surface area contributed by atoms with Crippen molar-refractivity contribution in [2.45, 2.75) is 32.9 Å². The van der Waals surface area contributed by atoms with Gasteiger partial charge in [0.2, 0.25) is 5.88 Å². The molecule has 1 aromatic heterocycles. The van der Waals surface area contributed by atoms with E-state index in [-0.39, 0.29) is 5.54 Å². The predicted molar refractivity (Wildman–Crippen MR) is 67.3 cm³/mol. The number of hydrogen-bond donors (Lipinski definition) is 1. The van der Waals surface area contributed by atoms with Gasteiger partial charge in [-0.3, -0.25) is 0 Å². The molecule has 98 valence electrons. The van der Waals surface area contributed by atoms with E-state index in [2.05, 4.69) is 24.3 Å². The fourth-order valence-corrected chi connectivity index (χ4v) is 1.88. The first-order chi connectivity index (χ1) is 7.91. The summed E-state index contributed by atoms with van der Waals surface area (Å²) in [6.07, 6.45) is 0. The highest BCUT2D eigenvalue weighted by molar-refractivity contribution is 5.30. The monoisotopic (exact) mass is 241 g/mol. The Labute approximate surface area is 103 Å². The summed E-state index contributed by atoms with van der Waals surface area (Å²) in [4.78, 5) is 0. The molecule has 0 amide bonds. The van der Waals surface area contributed by atoms with Gasteiger partial charge in [0.25, 0.3) is 0 Å². The van der Waals surface area contributed by atoms with Gasteiger partial charge < -0.3 is 14.8 Å². The van der Waals surface area contributed by atoms with Crippen LogP contribution >= 0.6 is 0 Å². The lowest BCUT2D eigenvalue weighted by Gasteiger charge is -2.25. The van der Waals surface area contributed by atoms with E-state index in [1.165, 1.54) is 0 Å². The molecule has 1 rings (SSSR count). The van der Waals surface area contributed by atoms with Crippen LogP contribution in [0.15, 0.2) is 0 Å². The molecule has 0 aromatic carbocycles. The lowest BCUT2D eigenvalue weighted by atomic mass is 10.1. The van der Waals surface area contributed by atoms with E-state index in [9.17, 15) is 0 Å². The van der Waals surface area contributed by atoms with E-state index in [1.54, 1.807) is 18.9 Å². The van der Waals surface area contributed by atoms with Crippen molar-refractivity contribution in [2.24, 2.45) is 7.05 Å². The van der Waals surface area contributed by atoms with Crippen molar-refractivity contribution < 1.29 is 9.47 Å². The molecule has 5 heteroatoms. The number of ether oxygens (including phenoxy) is 2. The van der Waals surface area contributed by atoms with Crippen LogP contribution in [-0.4, -0.2) is 36.1 Å². The minimum absolute atomic E-state index is 0.0674. The molecule has 5 nitrogen and oxygen atoms in total. The molecule has 17 heavy (non-hydrogen) atoms. The maximum Gasteiger partial charge on any atom is 0.216 e. The molecule has 0 aliphatic carbocycles. The third-order valence-electron chi connectivity index (χ3n) is 2.73. The maximum absolute atomic E-state index is 5.35. The largest absolute Gasteiger partial charge is 0.481 e. The zero-order chi connectivity index (χ0) is 13.1. The van der Waals surface area contributed by atoms with Crippen molar-refractivity contribution in [3.8, 4) is 5.88 Å². The zero-order valence-corrected chi connectivity index (χ0v) is 11.6. The summed E-state index contributed by atoms with van der Waals surface area (Å²) < 4.78 is 12.3. The second-order valence-corrected chi connectivity index (χ2v) is 4.87. The van der Waals surface area contributed by atoms with Gasteiger partial charge in [0, 0.05) is 26.2 Å². The minimum Gasteiger partial charge on any atom is -0.481 e. The molecule has 0 aliphatic rings. The Morgan fingerprint density at radius 2 is 2.00 bits per heavy atom. The third kappa shape index (κ3) is 3.44. The van der Waals surface area contributed by atoms with Gasteiger partial charge in [-0.1, -0.05) is 0 Å². The molecule has 0 radical (unpaired) electrons. The van der Waals surface area contributed by atoms with Gasteiger partial charge >= 0.3 is 0 Å². The van der Waals surface area contributed by atoms with E-state index >= 15 is 0 Å². The molecule has 1 aromatic rings. The van der Waals surface area contributed by atoms with Crippen molar-refractivity contribution in [3.63, 3.8) is 0 Å². The van der Waals surface area contributed by atoms with Gasteiger partial charge in [0.15, 0.2) is 0 Å². The van der Waals surface area contributed by atoms with E-state index in [0.717, 1.165) is 23.7 Å². The molecule has 0 saturated carbocycles. The second kappa shape index (κ2) is 5.51. The van der Waals surface area contributed by atoms with E-state index < -0.39 is 0 Å². The molecular weight excluding hydrogens is 218 g/mol. The van der Waals surface area contributed by atoms with Gasteiger partial charge in [-0.2, -0.15) is 5.10 Å². The van der Waals surface area contributed by atoms with Crippen LogP contribution in [-0.2, 0) is 18.3 Å². The number of hydrogen-bond acceptors (Lipinski definition) is 4. The Balaban J connectivity index is 2.75. The number of rotatable bonds is 6. The van der Waals surface area contributed by atoms with Crippen LogP contribution in [0.2, 0.25) is 0 Å². The van der Waals surface area contributed by atoms with Gasteiger partial charge in [-0.25, -0.2) is 4.68 Å². The second-order valence-electron chi connectivity index (χ2n) is 4.87. The Morgan fingerprint density at radius 1 is 1.35 bits per heavy atom. The van der Waals surface area contributed by atoms with Crippen molar-refractivity contribution in [1.82, 2.24) is 15.1 Å². The van der Waals surface area contributed by atoms with Crippen molar-refractivity contribution in [3.05, 3.63) is 11.3 Å². The molecule has 0 bridgehead atoms. The summed E-state index contributed by atoms with van der Waals surface area (Å²) in [5.74, 6) is 0.809. The maximum atomic E-state index is 5.35. The quantitative estimate of drug-likeness (QED) is 0.814. The van der Waals surface area contributed by atoms with Gasteiger partial charge in [-0.15, -0.1) is 0 Å². The van der Waals surface area contributed by atoms with Crippen LogP contribution in [0, 0.1) is 6.92 Å². The van der Waals surface area contributed by atoms with Crippen LogP contribution in [0.5, 0.6) is 5.88 Å². The van der Waals surface area contributed by atoms with E-state index in [0.29, 0.717) is 6.61 Å². The van der Waals surface area contributed by atoms with Crippen molar-refractivity contribution >= 4 is 0 Å². The molecular formula is C12H23N3O2. The smallest absolute Gasteiger partial charge is 0.216 e. The lowest BCUT2D eigenvalue weighted by Crippen LogP contribution is -2.42. The highest BCUT2D eigenvalue weighted by atomic mass is 16.5. The van der Waals surface area contributed by atoms with Crippen LogP contribution in [0.4, 0.5) is 0 Å². The first-order valence-electron chi connectivity index (χ1n) is 5.71. The number of nitrogens with zero attached hydrogens (tertiary/aromatic N) is 2. The standard InChI is InChI=1S/C12H23N3O2/c1-9-10(11(17-6)15(4)14-9)7-13-12(2,3)8-16-5/h13H,7-8H2,1-6H3. The summed E-state index contributed by atoms with van der Waals surface area (Å²) in [5.41, 5.74) is 2.02. The SMILES string of the molecule is COCC(C)(C)NCc1c(C)nn(C)c1OC. The third-order valence-corrected chi connectivity index (χ3v) is 2.73. The Bertz CT molecular complexity index is 372. The van der Waals surface area contributed by atoms with Crippen LogP contribution in [0.3, 0.4) is 0 Å². The first-order valence-corrected chi connectivity index (χ1v) is 5.71.